The summed E-state index contributed by atoms with van der Waals surface area (Å²) in [6.45, 7) is 0. The fourth-order valence-electron chi connectivity index (χ4n) is 2.02. The van der Waals surface area contributed by atoms with Crippen molar-refractivity contribution in [3.8, 4) is 5.69 Å². The Balaban J connectivity index is 1.86. The van der Waals surface area contributed by atoms with Crippen molar-refractivity contribution in [2.24, 2.45) is 5.92 Å². The molecule has 1 unspecified atom stereocenters. The summed E-state index contributed by atoms with van der Waals surface area (Å²) in [7, 11) is 1.41. The summed E-state index contributed by atoms with van der Waals surface area (Å²) in [5.41, 5.74) is 0.941. The number of nitrogens with zero attached hydrogens (tertiary/aromatic N) is 4. The van der Waals surface area contributed by atoms with Crippen LogP contribution in [0.25, 0.3) is 5.69 Å². The Morgan fingerprint density at radius 2 is 2.29 bits per heavy atom. The molecular formula is C13H11ClF2N4O. The van der Waals surface area contributed by atoms with Crippen LogP contribution in [0.1, 0.15) is 6.42 Å². The molecule has 21 heavy (non-hydrogen) atoms. The molecule has 1 aliphatic rings. The van der Waals surface area contributed by atoms with Crippen molar-refractivity contribution in [3.05, 3.63) is 35.9 Å². The lowest BCUT2D eigenvalue weighted by atomic mass is 10.3. The summed E-state index contributed by atoms with van der Waals surface area (Å²) in [5, 5.41) is 4.13. The highest BCUT2D eigenvalue weighted by Gasteiger charge is 2.62. The first-order valence-electron chi connectivity index (χ1n) is 6.21. The molecule has 1 amide bonds. The summed E-state index contributed by atoms with van der Waals surface area (Å²) < 4.78 is 27.4. The maximum Gasteiger partial charge on any atom is 0.260 e. The number of halogens is 3. The van der Waals surface area contributed by atoms with E-state index in [0.717, 1.165) is 4.90 Å². The predicted octanol–water partition coefficient (Wildman–Crippen LogP) is 2.54. The molecule has 5 nitrogen and oxygen atoms in total. The van der Waals surface area contributed by atoms with Gasteiger partial charge in [-0.15, -0.1) is 0 Å². The Morgan fingerprint density at radius 1 is 1.57 bits per heavy atom. The van der Waals surface area contributed by atoms with Gasteiger partial charge in [0.1, 0.15) is 11.6 Å². The molecule has 2 aromatic rings. The molecule has 1 aliphatic carbocycles. The molecular weight excluding hydrogens is 302 g/mol. The Kier molecular flexibility index (Phi) is 3.16. The van der Waals surface area contributed by atoms with Gasteiger partial charge in [-0.2, -0.15) is 5.10 Å². The second-order valence-corrected chi connectivity index (χ2v) is 5.23. The standard InChI is InChI=1S/C13H11ClF2N4O/c1-19(12(21)9-5-13(9,15)16)10-7-20(18-11(10)14)8-3-2-4-17-6-8/h2-4,6-7,9H,5H2,1H3. The van der Waals surface area contributed by atoms with Crippen molar-refractivity contribution in [2.75, 3.05) is 11.9 Å². The van der Waals surface area contributed by atoms with Gasteiger partial charge in [0.2, 0.25) is 5.91 Å². The van der Waals surface area contributed by atoms with Gasteiger partial charge in [-0.05, 0) is 12.1 Å². The third kappa shape index (κ3) is 2.49. The van der Waals surface area contributed by atoms with Crippen LogP contribution in [0.5, 0.6) is 0 Å². The van der Waals surface area contributed by atoms with Crippen LogP contribution in [0, 0.1) is 5.92 Å². The highest BCUT2D eigenvalue weighted by molar-refractivity contribution is 6.32. The lowest BCUT2D eigenvalue weighted by Gasteiger charge is -2.15. The maximum atomic E-state index is 13.0. The predicted molar refractivity (Wildman–Crippen MR) is 72.8 cm³/mol. The number of rotatable bonds is 3. The quantitative estimate of drug-likeness (QED) is 0.875. The molecule has 1 atom stereocenters. The van der Waals surface area contributed by atoms with Gasteiger partial charge in [0.15, 0.2) is 5.15 Å². The molecule has 0 saturated heterocycles. The van der Waals surface area contributed by atoms with Crippen molar-refractivity contribution in [2.45, 2.75) is 12.3 Å². The average molecular weight is 313 g/mol. The van der Waals surface area contributed by atoms with Crippen LogP contribution in [-0.4, -0.2) is 33.6 Å². The fourth-order valence-corrected chi connectivity index (χ4v) is 2.28. The van der Waals surface area contributed by atoms with Crippen molar-refractivity contribution in [1.82, 2.24) is 14.8 Å². The third-order valence-corrected chi connectivity index (χ3v) is 3.65. The minimum Gasteiger partial charge on any atom is -0.311 e. The number of alkyl halides is 2. The van der Waals surface area contributed by atoms with Crippen LogP contribution >= 0.6 is 11.6 Å². The van der Waals surface area contributed by atoms with Crippen molar-refractivity contribution in [1.29, 1.82) is 0 Å². The summed E-state index contributed by atoms with van der Waals surface area (Å²) >= 11 is 6.00. The Morgan fingerprint density at radius 3 is 2.86 bits per heavy atom. The van der Waals surface area contributed by atoms with Gasteiger partial charge >= 0.3 is 0 Å². The van der Waals surface area contributed by atoms with Crippen LogP contribution in [-0.2, 0) is 4.79 Å². The average Bonchev–Trinajstić information content (AvgIpc) is 2.93. The van der Waals surface area contributed by atoms with E-state index in [1.54, 1.807) is 24.5 Å². The van der Waals surface area contributed by atoms with E-state index in [1.165, 1.54) is 17.9 Å². The van der Waals surface area contributed by atoms with Crippen LogP contribution in [0.15, 0.2) is 30.7 Å². The second kappa shape index (κ2) is 4.77. The van der Waals surface area contributed by atoms with Crippen LogP contribution in [0.2, 0.25) is 5.15 Å². The molecule has 1 fully saturated rings. The van der Waals surface area contributed by atoms with E-state index in [2.05, 4.69) is 10.1 Å². The number of carbonyl (C=O) groups excluding carboxylic acids is 1. The molecule has 0 bridgehead atoms. The monoisotopic (exact) mass is 312 g/mol. The molecule has 0 aliphatic heterocycles. The number of aromatic nitrogens is 3. The van der Waals surface area contributed by atoms with E-state index in [9.17, 15) is 13.6 Å². The van der Waals surface area contributed by atoms with Crippen molar-refractivity contribution in [3.63, 3.8) is 0 Å². The Hall–Kier alpha value is -2.02. The van der Waals surface area contributed by atoms with E-state index in [0.29, 0.717) is 5.69 Å². The Bertz CT molecular complexity index is 689. The summed E-state index contributed by atoms with van der Waals surface area (Å²) in [6.07, 6.45) is 4.28. The number of anilines is 1. The van der Waals surface area contributed by atoms with Gasteiger partial charge in [0.25, 0.3) is 5.92 Å². The van der Waals surface area contributed by atoms with E-state index in [4.69, 9.17) is 11.6 Å². The highest BCUT2D eigenvalue weighted by atomic mass is 35.5. The first-order chi connectivity index (χ1) is 9.90. The fraction of sp³-hybridized carbons (Fsp3) is 0.308. The number of pyridine rings is 1. The van der Waals surface area contributed by atoms with Gasteiger partial charge in [-0.25, -0.2) is 13.5 Å². The molecule has 8 heteroatoms. The maximum absolute atomic E-state index is 13.0. The van der Waals surface area contributed by atoms with Gasteiger partial charge < -0.3 is 4.90 Å². The minimum absolute atomic E-state index is 0.0682. The van der Waals surface area contributed by atoms with Crippen molar-refractivity contribution >= 4 is 23.2 Å². The molecule has 0 radical (unpaired) electrons. The highest BCUT2D eigenvalue weighted by Crippen LogP contribution is 2.50. The van der Waals surface area contributed by atoms with E-state index >= 15 is 0 Å². The largest absolute Gasteiger partial charge is 0.311 e. The summed E-state index contributed by atoms with van der Waals surface area (Å²) in [4.78, 5) is 17.0. The molecule has 110 valence electrons. The Labute approximate surface area is 124 Å². The SMILES string of the molecule is CN(C(=O)C1CC1(F)F)c1cn(-c2cccnc2)nc1Cl. The van der Waals surface area contributed by atoms with Gasteiger partial charge in [0, 0.05) is 19.7 Å². The molecule has 2 aromatic heterocycles. The van der Waals surface area contributed by atoms with Crippen LogP contribution < -0.4 is 4.90 Å². The van der Waals surface area contributed by atoms with E-state index < -0.39 is 24.2 Å². The number of amides is 1. The molecule has 0 spiro atoms. The van der Waals surface area contributed by atoms with E-state index in [-0.39, 0.29) is 10.8 Å². The summed E-state index contributed by atoms with van der Waals surface area (Å²) in [6, 6.07) is 3.49. The van der Waals surface area contributed by atoms with Gasteiger partial charge in [-0.3, -0.25) is 9.78 Å². The zero-order valence-electron chi connectivity index (χ0n) is 11.0. The number of hydrogen-bond acceptors (Lipinski definition) is 3. The normalized spacial score (nSPS) is 19.3. The minimum atomic E-state index is -2.91. The van der Waals surface area contributed by atoms with Crippen LogP contribution in [0.4, 0.5) is 14.5 Å². The molecule has 0 N–H and O–H groups in total. The van der Waals surface area contributed by atoms with Gasteiger partial charge in [-0.1, -0.05) is 11.6 Å². The third-order valence-electron chi connectivity index (χ3n) is 3.38. The molecule has 3 rings (SSSR count). The summed E-state index contributed by atoms with van der Waals surface area (Å²) in [5.74, 6) is -4.83. The molecule has 2 heterocycles. The zero-order valence-corrected chi connectivity index (χ0v) is 11.8. The number of hydrogen-bond donors (Lipinski definition) is 0. The molecule has 0 aromatic carbocycles. The zero-order chi connectivity index (χ0) is 15.2. The smallest absolute Gasteiger partial charge is 0.260 e. The van der Waals surface area contributed by atoms with E-state index in [1.807, 2.05) is 0 Å². The van der Waals surface area contributed by atoms with Crippen molar-refractivity contribution < 1.29 is 13.6 Å². The lowest BCUT2D eigenvalue weighted by molar-refractivity contribution is -0.121. The van der Waals surface area contributed by atoms with Gasteiger partial charge in [0.05, 0.1) is 18.1 Å². The molecule has 1 saturated carbocycles. The lowest BCUT2D eigenvalue weighted by Crippen LogP contribution is -2.29. The second-order valence-electron chi connectivity index (χ2n) is 4.88. The van der Waals surface area contributed by atoms with Crippen LogP contribution in [0.3, 0.4) is 0 Å². The number of carbonyl (C=O) groups is 1. The first kappa shape index (κ1) is 13.9. The topological polar surface area (TPSA) is 51.0 Å². The first-order valence-corrected chi connectivity index (χ1v) is 6.59.